The summed E-state index contributed by atoms with van der Waals surface area (Å²) in [5, 5.41) is 18.9. The normalized spacial score (nSPS) is 38.7. The van der Waals surface area contributed by atoms with Crippen LogP contribution in [0.25, 0.3) is 0 Å². The first-order valence-corrected chi connectivity index (χ1v) is 5.45. The highest BCUT2D eigenvalue weighted by atomic mass is 16.4. The van der Waals surface area contributed by atoms with E-state index in [9.17, 15) is 15.0 Å². The average Bonchev–Trinajstić information content (AvgIpc) is 2.72. The van der Waals surface area contributed by atoms with E-state index in [1.807, 2.05) is 16.8 Å². The van der Waals surface area contributed by atoms with E-state index < -0.39 is 11.6 Å². The van der Waals surface area contributed by atoms with Gasteiger partial charge in [0.1, 0.15) is 0 Å². The molecule has 2 atom stereocenters. The second kappa shape index (κ2) is 3.73. The summed E-state index contributed by atoms with van der Waals surface area (Å²) in [6, 6.07) is 0. The first-order valence-electron chi connectivity index (χ1n) is 5.45. The van der Waals surface area contributed by atoms with E-state index in [4.69, 9.17) is 0 Å². The Morgan fingerprint density at radius 1 is 1.47 bits per heavy atom. The zero-order chi connectivity index (χ0) is 11.1. The number of aliphatic hydroxyl groups excluding tert-OH is 1. The Balaban J connectivity index is 2.23. The van der Waals surface area contributed by atoms with Gasteiger partial charge in [-0.25, -0.2) is 4.79 Å². The van der Waals surface area contributed by atoms with Gasteiger partial charge in [0, 0.05) is 19.6 Å². The molecule has 0 aromatic heterocycles. The third-order valence-electron chi connectivity index (χ3n) is 3.68. The lowest BCUT2D eigenvalue weighted by Gasteiger charge is -2.39. The molecule has 2 heterocycles. The van der Waals surface area contributed by atoms with Crippen molar-refractivity contribution in [1.29, 1.82) is 0 Å². The number of rotatable bonds is 2. The molecule has 5 nitrogen and oxygen atoms in total. The monoisotopic (exact) mass is 214 g/mol. The lowest BCUT2D eigenvalue weighted by Crippen LogP contribution is -2.60. The van der Waals surface area contributed by atoms with E-state index >= 15 is 0 Å². The Bertz CT molecular complexity index is 271. The molecule has 0 bridgehead atoms. The van der Waals surface area contributed by atoms with Crippen molar-refractivity contribution >= 4 is 5.97 Å². The van der Waals surface area contributed by atoms with Gasteiger partial charge in [0.05, 0.1) is 6.10 Å². The van der Waals surface area contributed by atoms with Gasteiger partial charge in [-0.15, -0.1) is 0 Å². The van der Waals surface area contributed by atoms with E-state index in [0.29, 0.717) is 25.9 Å². The molecule has 2 aliphatic heterocycles. The third kappa shape index (κ3) is 1.55. The SMILES string of the molecule is CN1CCC[C@@]1(C(=O)O)N1CC[C@@H](O)C1. The second-order valence-electron chi connectivity index (χ2n) is 4.54. The van der Waals surface area contributed by atoms with E-state index in [1.54, 1.807) is 0 Å². The van der Waals surface area contributed by atoms with Crippen molar-refractivity contribution < 1.29 is 15.0 Å². The van der Waals surface area contributed by atoms with Crippen molar-refractivity contribution in [3.05, 3.63) is 0 Å². The van der Waals surface area contributed by atoms with Gasteiger partial charge in [-0.2, -0.15) is 0 Å². The van der Waals surface area contributed by atoms with Crippen molar-refractivity contribution in [2.24, 2.45) is 0 Å². The van der Waals surface area contributed by atoms with E-state index in [-0.39, 0.29) is 6.10 Å². The van der Waals surface area contributed by atoms with Gasteiger partial charge in [0.2, 0.25) is 0 Å². The van der Waals surface area contributed by atoms with Crippen molar-refractivity contribution in [2.75, 3.05) is 26.7 Å². The predicted octanol–water partition coefficient (Wildman–Crippen LogP) is -0.440. The molecule has 0 aromatic carbocycles. The van der Waals surface area contributed by atoms with Gasteiger partial charge in [0.15, 0.2) is 5.66 Å². The maximum absolute atomic E-state index is 11.5. The third-order valence-corrected chi connectivity index (χ3v) is 3.68. The highest BCUT2D eigenvalue weighted by molar-refractivity contribution is 5.78. The van der Waals surface area contributed by atoms with Crippen molar-refractivity contribution in [3.63, 3.8) is 0 Å². The fourth-order valence-electron chi connectivity index (χ4n) is 2.82. The van der Waals surface area contributed by atoms with Crippen LogP contribution in [0.2, 0.25) is 0 Å². The maximum atomic E-state index is 11.5. The van der Waals surface area contributed by atoms with Gasteiger partial charge in [-0.05, 0) is 26.3 Å². The van der Waals surface area contributed by atoms with Crippen LogP contribution in [-0.2, 0) is 4.79 Å². The molecule has 2 saturated heterocycles. The molecule has 0 radical (unpaired) electrons. The Morgan fingerprint density at radius 3 is 2.60 bits per heavy atom. The summed E-state index contributed by atoms with van der Waals surface area (Å²) in [6.45, 7) is 1.98. The number of hydrogen-bond donors (Lipinski definition) is 2. The number of carbonyl (C=O) groups is 1. The molecule has 2 aliphatic rings. The summed E-state index contributed by atoms with van der Waals surface area (Å²) in [6.07, 6.45) is 1.89. The number of β-amino-alcohol motifs (C(OH)–C–C–N with tert-alkyl or cyclic N) is 1. The van der Waals surface area contributed by atoms with Crippen molar-refractivity contribution in [2.45, 2.75) is 31.0 Å². The first kappa shape index (κ1) is 10.9. The maximum Gasteiger partial charge on any atom is 0.339 e. The molecule has 0 aliphatic carbocycles. The van der Waals surface area contributed by atoms with Crippen LogP contribution in [0.15, 0.2) is 0 Å². The molecule has 5 heteroatoms. The molecular formula is C10H18N2O3. The van der Waals surface area contributed by atoms with Crippen LogP contribution in [0.1, 0.15) is 19.3 Å². The highest BCUT2D eigenvalue weighted by Gasteiger charge is 2.52. The van der Waals surface area contributed by atoms with Crippen LogP contribution >= 0.6 is 0 Å². The summed E-state index contributed by atoms with van der Waals surface area (Å²) in [5.74, 6) is -0.781. The van der Waals surface area contributed by atoms with E-state index in [2.05, 4.69) is 0 Å². The summed E-state index contributed by atoms with van der Waals surface area (Å²) >= 11 is 0. The Morgan fingerprint density at radius 2 is 2.20 bits per heavy atom. The van der Waals surface area contributed by atoms with Crippen LogP contribution in [0, 0.1) is 0 Å². The molecule has 0 amide bonds. The van der Waals surface area contributed by atoms with Gasteiger partial charge in [-0.1, -0.05) is 0 Å². The molecule has 0 saturated carbocycles. The molecular weight excluding hydrogens is 196 g/mol. The molecule has 2 N–H and O–H groups in total. The van der Waals surface area contributed by atoms with Crippen LogP contribution in [0.4, 0.5) is 0 Å². The minimum atomic E-state index is -0.864. The molecule has 2 rings (SSSR count). The fourth-order valence-corrected chi connectivity index (χ4v) is 2.82. The number of nitrogens with zero attached hydrogens (tertiary/aromatic N) is 2. The number of hydrogen-bond acceptors (Lipinski definition) is 4. The summed E-state index contributed by atoms with van der Waals surface area (Å²) < 4.78 is 0. The molecule has 0 aromatic rings. The second-order valence-corrected chi connectivity index (χ2v) is 4.54. The fraction of sp³-hybridized carbons (Fsp3) is 0.900. The van der Waals surface area contributed by atoms with Crippen LogP contribution in [0.3, 0.4) is 0 Å². The molecule has 15 heavy (non-hydrogen) atoms. The van der Waals surface area contributed by atoms with Crippen molar-refractivity contribution in [1.82, 2.24) is 9.80 Å². The smallest absolute Gasteiger partial charge is 0.339 e. The predicted molar refractivity (Wildman–Crippen MR) is 54.4 cm³/mol. The lowest BCUT2D eigenvalue weighted by atomic mass is 10.1. The van der Waals surface area contributed by atoms with E-state index in [0.717, 1.165) is 13.0 Å². The van der Waals surface area contributed by atoms with Gasteiger partial charge in [-0.3, -0.25) is 9.80 Å². The van der Waals surface area contributed by atoms with Gasteiger partial charge in [0.25, 0.3) is 0 Å². The van der Waals surface area contributed by atoms with E-state index in [1.165, 1.54) is 0 Å². The van der Waals surface area contributed by atoms with Crippen LogP contribution < -0.4 is 0 Å². The number of carboxylic acids is 1. The highest BCUT2D eigenvalue weighted by Crippen LogP contribution is 2.34. The zero-order valence-electron chi connectivity index (χ0n) is 9.02. The minimum absolute atomic E-state index is 0.366. The number of carboxylic acid groups (broad SMARTS) is 1. The zero-order valence-corrected chi connectivity index (χ0v) is 9.02. The van der Waals surface area contributed by atoms with Crippen molar-refractivity contribution in [3.8, 4) is 0 Å². The summed E-state index contributed by atoms with van der Waals surface area (Å²) in [7, 11) is 1.85. The Kier molecular flexibility index (Phi) is 2.70. The first-order chi connectivity index (χ1) is 7.07. The number of likely N-dealkylation sites (tertiary alicyclic amines) is 2. The van der Waals surface area contributed by atoms with Crippen LogP contribution in [0.5, 0.6) is 0 Å². The number of likely N-dealkylation sites (N-methyl/N-ethyl adjacent to an activating group) is 1. The standard InChI is InChI=1S/C10H18N2O3/c1-11-5-2-4-10(11,9(14)15)12-6-3-8(13)7-12/h8,13H,2-7H2,1H3,(H,14,15)/t8-,10+/m1/s1. The summed E-state index contributed by atoms with van der Waals surface area (Å²) in [4.78, 5) is 15.3. The number of aliphatic hydroxyl groups is 1. The largest absolute Gasteiger partial charge is 0.479 e. The molecule has 0 unspecified atom stereocenters. The Hall–Kier alpha value is -0.650. The quantitative estimate of drug-likeness (QED) is 0.652. The van der Waals surface area contributed by atoms with Crippen LogP contribution in [-0.4, -0.2) is 64.4 Å². The van der Waals surface area contributed by atoms with Gasteiger partial charge >= 0.3 is 5.97 Å². The number of aliphatic carboxylic acids is 1. The topological polar surface area (TPSA) is 64.0 Å². The average molecular weight is 214 g/mol. The Labute approximate surface area is 89.3 Å². The molecule has 2 fully saturated rings. The molecule has 86 valence electrons. The van der Waals surface area contributed by atoms with Gasteiger partial charge < -0.3 is 10.2 Å². The molecule has 0 spiro atoms. The minimum Gasteiger partial charge on any atom is -0.479 e. The lowest BCUT2D eigenvalue weighted by molar-refractivity contribution is -0.161. The summed E-state index contributed by atoms with van der Waals surface area (Å²) in [5.41, 5.74) is -0.864.